The number of hydrogen-bond donors (Lipinski definition) is 0. The molecule has 1 aromatic heterocycles. The molecule has 1 amide bonds. The molecule has 106 valence electrons. The maximum absolute atomic E-state index is 12.1. The molecule has 19 heavy (non-hydrogen) atoms. The molecule has 1 fully saturated rings. The number of aromatic nitrogens is 2. The Kier molecular flexibility index (Phi) is 4.18. The lowest BCUT2D eigenvalue weighted by atomic mass is 10.1. The Morgan fingerprint density at radius 2 is 2.26 bits per heavy atom. The highest BCUT2D eigenvalue weighted by Gasteiger charge is 2.28. The minimum atomic E-state index is -0.446. The zero-order chi connectivity index (χ0) is 14.0. The molecule has 0 unspecified atom stereocenters. The summed E-state index contributed by atoms with van der Waals surface area (Å²) in [7, 11) is 0. The van der Waals surface area contributed by atoms with Crippen LogP contribution in [0.2, 0.25) is 0 Å². The van der Waals surface area contributed by atoms with Crippen molar-refractivity contribution in [2.24, 2.45) is 0 Å². The summed E-state index contributed by atoms with van der Waals surface area (Å²) in [6.07, 6.45) is 5.49. The van der Waals surface area contributed by atoms with E-state index in [1.54, 1.807) is 11.1 Å². The van der Waals surface area contributed by atoms with E-state index < -0.39 is 5.60 Å². The van der Waals surface area contributed by atoms with Crippen molar-refractivity contribution in [2.45, 2.75) is 45.3 Å². The molecular weight excluding hydrogens is 310 g/mol. The van der Waals surface area contributed by atoms with Crippen LogP contribution in [0.1, 0.15) is 39.7 Å². The van der Waals surface area contributed by atoms with Gasteiger partial charge in [0.05, 0.1) is 16.7 Å². The number of carbonyl (C=O) groups excluding carboxylic acids is 1. The number of nitrogens with zero attached hydrogens (tertiary/aromatic N) is 3. The van der Waals surface area contributed by atoms with Crippen LogP contribution >= 0.6 is 15.9 Å². The van der Waals surface area contributed by atoms with Crippen molar-refractivity contribution < 1.29 is 9.53 Å². The summed E-state index contributed by atoms with van der Waals surface area (Å²) in [6.45, 7) is 7.07. The number of amides is 1. The molecule has 1 saturated heterocycles. The number of likely N-dealkylation sites (tertiary alicyclic amines) is 1. The van der Waals surface area contributed by atoms with Crippen LogP contribution in [0.15, 0.2) is 16.9 Å². The molecule has 0 saturated carbocycles. The van der Waals surface area contributed by atoms with E-state index in [0.29, 0.717) is 6.54 Å². The maximum Gasteiger partial charge on any atom is 0.410 e. The van der Waals surface area contributed by atoms with E-state index in [-0.39, 0.29) is 12.1 Å². The van der Waals surface area contributed by atoms with Crippen LogP contribution in [0.5, 0.6) is 0 Å². The Morgan fingerprint density at radius 3 is 2.84 bits per heavy atom. The Balaban J connectivity index is 1.99. The first-order valence-electron chi connectivity index (χ1n) is 6.53. The lowest BCUT2D eigenvalue weighted by Gasteiger charge is -2.34. The van der Waals surface area contributed by atoms with Crippen LogP contribution in [-0.4, -0.2) is 39.5 Å². The Labute approximate surface area is 122 Å². The molecule has 0 aliphatic carbocycles. The predicted molar refractivity (Wildman–Crippen MR) is 76.0 cm³/mol. The van der Waals surface area contributed by atoms with Gasteiger partial charge < -0.3 is 9.64 Å². The first kappa shape index (κ1) is 14.4. The smallest absolute Gasteiger partial charge is 0.410 e. The van der Waals surface area contributed by atoms with E-state index in [4.69, 9.17) is 4.74 Å². The van der Waals surface area contributed by atoms with Crippen molar-refractivity contribution >= 4 is 22.0 Å². The highest BCUT2D eigenvalue weighted by atomic mass is 79.9. The summed E-state index contributed by atoms with van der Waals surface area (Å²) in [5, 5.41) is 4.30. The van der Waals surface area contributed by atoms with Crippen molar-refractivity contribution in [3.05, 3.63) is 16.9 Å². The van der Waals surface area contributed by atoms with Crippen molar-refractivity contribution in [3.63, 3.8) is 0 Å². The molecule has 1 atom stereocenters. The molecule has 1 aliphatic heterocycles. The van der Waals surface area contributed by atoms with Gasteiger partial charge in [-0.2, -0.15) is 5.10 Å². The van der Waals surface area contributed by atoms with E-state index in [9.17, 15) is 4.79 Å². The first-order valence-corrected chi connectivity index (χ1v) is 7.32. The monoisotopic (exact) mass is 329 g/mol. The maximum atomic E-state index is 12.1. The standard InChI is InChI=1S/C13H20BrN3O2/c1-13(2,3)19-12(18)16-6-4-5-11(9-16)17-8-10(14)7-15-17/h7-8,11H,4-6,9H2,1-3H3/t11-/m0/s1. The Hall–Kier alpha value is -1.04. The number of carbonyl (C=O) groups is 1. The molecule has 2 heterocycles. The SMILES string of the molecule is CC(C)(C)OC(=O)N1CCC[C@H](n2cc(Br)cn2)C1. The van der Waals surface area contributed by atoms with Gasteiger partial charge in [0.2, 0.25) is 0 Å². The fourth-order valence-corrected chi connectivity index (χ4v) is 2.48. The van der Waals surface area contributed by atoms with Gasteiger partial charge in [-0.15, -0.1) is 0 Å². The second-order valence-electron chi connectivity index (χ2n) is 5.86. The fourth-order valence-electron chi connectivity index (χ4n) is 2.18. The number of ether oxygens (including phenoxy) is 1. The van der Waals surface area contributed by atoms with Crippen LogP contribution in [0, 0.1) is 0 Å². The Morgan fingerprint density at radius 1 is 1.53 bits per heavy atom. The van der Waals surface area contributed by atoms with Gasteiger partial charge in [-0.1, -0.05) is 0 Å². The molecule has 6 heteroatoms. The van der Waals surface area contributed by atoms with E-state index >= 15 is 0 Å². The van der Waals surface area contributed by atoms with Gasteiger partial charge in [0, 0.05) is 19.3 Å². The number of rotatable bonds is 1. The molecule has 0 aromatic carbocycles. The second-order valence-corrected chi connectivity index (χ2v) is 6.78. The van der Waals surface area contributed by atoms with Crippen molar-refractivity contribution in [1.29, 1.82) is 0 Å². The topological polar surface area (TPSA) is 47.4 Å². The van der Waals surface area contributed by atoms with E-state index in [1.807, 2.05) is 31.6 Å². The van der Waals surface area contributed by atoms with Crippen LogP contribution in [0.25, 0.3) is 0 Å². The largest absolute Gasteiger partial charge is 0.444 e. The molecule has 0 N–H and O–H groups in total. The molecule has 0 radical (unpaired) electrons. The highest BCUT2D eigenvalue weighted by molar-refractivity contribution is 9.10. The summed E-state index contributed by atoms with van der Waals surface area (Å²) in [5.74, 6) is 0. The van der Waals surface area contributed by atoms with Crippen LogP contribution in [-0.2, 0) is 4.74 Å². The molecule has 0 spiro atoms. The van der Waals surface area contributed by atoms with Gasteiger partial charge in [0.25, 0.3) is 0 Å². The van der Waals surface area contributed by atoms with Gasteiger partial charge >= 0.3 is 6.09 Å². The summed E-state index contributed by atoms with van der Waals surface area (Å²) in [6, 6.07) is 0.229. The minimum Gasteiger partial charge on any atom is -0.444 e. The van der Waals surface area contributed by atoms with Crippen molar-refractivity contribution in [1.82, 2.24) is 14.7 Å². The van der Waals surface area contributed by atoms with Gasteiger partial charge in [-0.05, 0) is 49.5 Å². The van der Waals surface area contributed by atoms with E-state index in [0.717, 1.165) is 23.9 Å². The summed E-state index contributed by atoms with van der Waals surface area (Å²) < 4.78 is 8.29. The molecule has 0 bridgehead atoms. The number of piperidine rings is 1. The molecule has 5 nitrogen and oxygen atoms in total. The predicted octanol–water partition coefficient (Wildman–Crippen LogP) is 3.22. The zero-order valence-electron chi connectivity index (χ0n) is 11.6. The third-order valence-corrected chi connectivity index (χ3v) is 3.40. The van der Waals surface area contributed by atoms with Crippen LogP contribution < -0.4 is 0 Å². The lowest BCUT2D eigenvalue weighted by molar-refractivity contribution is 0.0167. The van der Waals surface area contributed by atoms with Gasteiger partial charge in [0.1, 0.15) is 5.60 Å². The summed E-state index contributed by atoms with van der Waals surface area (Å²) in [5.41, 5.74) is -0.446. The average Bonchev–Trinajstić information content (AvgIpc) is 2.74. The lowest BCUT2D eigenvalue weighted by Crippen LogP contribution is -2.43. The van der Waals surface area contributed by atoms with Gasteiger partial charge in [0.15, 0.2) is 0 Å². The van der Waals surface area contributed by atoms with Crippen molar-refractivity contribution in [3.8, 4) is 0 Å². The highest BCUT2D eigenvalue weighted by Crippen LogP contribution is 2.23. The molecule has 2 rings (SSSR count). The first-order chi connectivity index (χ1) is 8.85. The van der Waals surface area contributed by atoms with Gasteiger partial charge in [-0.3, -0.25) is 4.68 Å². The summed E-state index contributed by atoms with van der Waals surface area (Å²) >= 11 is 3.39. The van der Waals surface area contributed by atoms with Crippen molar-refractivity contribution in [2.75, 3.05) is 13.1 Å². The Bertz CT molecular complexity index is 453. The third-order valence-electron chi connectivity index (χ3n) is 2.99. The second kappa shape index (κ2) is 5.53. The number of hydrogen-bond acceptors (Lipinski definition) is 3. The third kappa shape index (κ3) is 3.96. The number of halogens is 1. The van der Waals surface area contributed by atoms with E-state index in [2.05, 4.69) is 21.0 Å². The quantitative estimate of drug-likeness (QED) is 0.794. The van der Waals surface area contributed by atoms with E-state index in [1.165, 1.54) is 0 Å². The van der Waals surface area contributed by atoms with Crippen LogP contribution in [0.4, 0.5) is 4.79 Å². The molecular formula is C13H20BrN3O2. The van der Waals surface area contributed by atoms with Crippen LogP contribution in [0.3, 0.4) is 0 Å². The summed E-state index contributed by atoms with van der Waals surface area (Å²) in [4.78, 5) is 13.8. The van der Waals surface area contributed by atoms with Gasteiger partial charge in [-0.25, -0.2) is 4.79 Å². The molecule has 1 aromatic rings. The fraction of sp³-hybridized carbons (Fsp3) is 0.692. The zero-order valence-corrected chi connectivity index (χ0v) is 13.2. The average molecular weight is 330 g/mol. The molecule has 1 aliphatic rings. The minimum absolute atomic E-state index is 0.229. The normalized spacial score (nSPS) is 20.4.